The number of nitrogens with zero attached hydrogens (tertiary/aromatic N) is 3. The Morgan fingerprint density at radius 2 is 1.73 bits per heavy atom. The van der Waals surface area contributed by atoms with Gasteiger partial charge in [-0.15, -0.1) is 0 Å². The van der Waals surface area contributed by atoms with Crippen LogP contribution in [-0.4, -0.2) is 26.8 Å². The summed E-state index contributed by atoms with van der Waals surface area (Å²) in [5.74, 6) is -1.80. The molecule has 0 radical (unpaired) electrons. The van der Waals surface area contributed by atoms with Crippen LogP contribution in [0.1, 0.15) is 22.4 Å². The van der Waals surface area contributed by atoms with Crippen molar-refractivity contribution in [1.82, 2.24) is 14.8 Å². The van der Waals surface area contributed by atoms with E-state index in [0.29, 0.717) is 11.5 Å². The number of rotatable bonds is 2. The van der Waals surface area contributed by atoms with Gasteiger partial charge in [0.25, 0.3) is 0 Å². The summed E-state index contributed by atoms with van der Waals surface area (Å²) >= 11 is 0. The fourth-order valence-corrected chi connectivity index (χ4v) is 2.89. The summed E-state index contributed by atoms with van der Waals surface area (Å²) < 4.78 is 39.0. The summed E-state index contributed by atoms with van der Waals surface area (Å²) in [5, 5.41) is 7.01. The lowest BCUT2D eigenvalue weighted by molar-refractivity contribution is -0.167. The maximum absolute atomic E-state index is 12.6. The van der Waals surface area contributed by atoms with Crippen molar-refractivity contribution in [2.45, 2.75) is 33.9 Å². The van der Waals surface area contributed by atoms with Gasteiger partial charge in [-0.3, -0.25) is 4.79 Å². The Bertz CT molecular complexity index is 1020. The number of aromatic nitrogens is 3. The molecule has 1 amide bonds. The van der Waals surface area contributed by atoms with E-state index in [1.807, 2.05) is 38.2 Å². The highest BCUT2D eigenvalue weighted by Crippen LogP contribution is 2.26. The highest BCUT2D eigenvalue weighted by molar-refractivity contribution is 5.94. The van der Waals surface area contributed by atoms with Gasteiger partial charge in [-0.05, 0) is 51.0 Å². The van der Waals surface area contributed by atoms with Gasteiger partial charge >= 0.3 is 12.1 Å². The first-order valence-electron chi connectivity index (χ1n) is 7.90. The third-order valence-electron chi connectivity index (χ3n) is 3.99. The quantitative estimate of drug-likeness (QED) is 0.745. The summed E-state index contributed by atoms with van der Waals surface area (Å²) in [6.45, 7) is 7.44. The first-order chi connectivity index (χ1) is 12.1. The number of anilines is 1. The molecule has 0 saturated heterocycles. The van der Waals surface area contributed by atoms with Gasteiger partial charge in [-0.25, -0.2) is 4.98 Å². The predicted octanol–water partition coefficient (Wildman–Crippen LogP) is 4.15. The Hall–Kier alpha value is -2.90. The number of amides is 1. The monoisotopic (exact) mass is 362 g/mol. The molecule has 1 aromatic carbocycles. The Morgan fingerprint density at radius 1 is 1.04 bits per heavy atom. The summed E-state index contributed by atoms with van der Waals surface area (Å²) in [5.41, 5.74) is 4.17. The predicted molar refractivity (Wildman–Crippen MR) is 92.5 cm³/mol. The van der Waals surface area contributed by atoms with E-state index in [4.69, 9.17) is 0 Å². The fraction of sp³-hybridized carbons (Fsp3) is 0.278. The van der Waals surface area contributed by atoms with Crippen LogP contribution in [0.5, 0.6) is 0 Å². The minimum absolute atomic E-state index is 0.0826. The van der Waals surface area contributed by atoms with Gasteiger partial charge in [-0.2, -0.15) is 23.0 Å². The molecule has 0 spiro atoms. The number of benzene rings is 1. The van der Waals surface area contributed by atoms with Crippen LogP contribution in [0, 0.1) is 27.7 Å². The van der Waals surface area contributed by atoms with Gasteiger partial charge in [0.05, 0.1) is 11.2 Å². The fourth-order valence-electron chi connectivity index (χ4n) is 2.89. The number of hydrogen-bond acceptors (Lipinski definition) is 3. The van der Waals surface area contributed by atoms with E-state index >= 15 is 0 Å². The highest BCUT2D eigenvalue weighted by Gasteiger charge is 2.39. The van der Waals surface area contributed by atoms with Gasteiger partial charge in [-0.1, -0.05) is 11.6 Å². The van der Waals surface area contributed by atoms with Crippen LogP contribution < -0.4 is 5.32 Å². The molecule has 0 fully saturated rings. The van der Waals surface area contributed by atoms with Crippen LogP contribution in [0.4, 0.5) is 19.0 Å². The minimum Gasteiger partial charge on any atom is -0.303 e. The van der Waals surface area contributed by atoms with Gasteiger partial charge in [0.2, 0.25) is 0 Å². The highest BCUT2D eigenvalue weighted by atomic mass is 19.4. The zero-order chi connectivity index (χ0) is 19.2. The molecular weight excluding hydrogens is 345 g/mol. The molecule has 2 aromatic heterocycles. The number of halogens is 3. The van der Waals surface area contributed by atoms with Crippen molar-refractivity contribution < 1.29 is 18.0 Å². The lowest BCUT2D eigenvalue weighted by Gasteiger charge is -2.13. The second-order valence-electron chi connectivity index (χ2n) is 6.31. The molecule has 1 N–H and O–H groups in total. The second kappa shape index (κ2) is 6.12. The molecule has 0 saturated carbocycles. The molecule has 0 aliphatic heterocycles. The van der Waals surface area contributed by atoms with Crippen LogP contribution in [-0.2, 0) is 4.79 Å². The lowest BCUT2D eigenvalue weighted by Crippen LogP contribution is -2.30. The largest absolute Gasteiger partial charge is 0.471 e. The number of alkyl halides is 3. The van der Waals surface area contributed by atoms with Gasteiger partial charge in [0.1, 0.15) is 5.82 Å². The number of nitrogens with one attached hydrogen (secondary N) is 1. The van der Waals surface area contributed by atoms with Crippen molar-refractivity contribution in [3.63, 3.8) is 0 Å². The van der Waals surface area contributed by atoms with E-state index in [9.17, 15) is 18.0 Å². The lowest BCUT2D eigenvalue weighted by atomic mass is 10.0. The van der Waals surface area contributed by atoms with Gasteiger partial charge in [0.15, 0.2) is 5.82 Å². The number of pyridine rings is 1. The van der Waals surface area contributed by atoms with Crippen molar-refractivity contribution in [3.05, 3.63) is 46.6 Å². The summed E-state index contributed by atoms with van der Waals surface area (Å²) in [7, 11) is 0. The molecule has 8 heteroatoms. The normalized spacial score (nSPS) is 11.8. The summed E-state index contributed by atoms with van der Waals surface area (Å²) in [4.78, 5) is 15.9. The molecule has 5 nitrogen and oxygen atoms in total. The molecule has 2 heterocycles. The van der Waals surface area contributed by atoms with Gasteiger partial charge < -0.3 is 5.32 Å². The smallest absolute Gasteiger partial charge is 0.303 e. The van der Waals surface area contributed by atoms with E-state index in [0.717, 1.165) is 27.6 Å². The van der Waals surface area contributed by atoms with Gasteiger partial charge in [0, 0.05) is 11.5 Å². The van der Waals surface area contributed by atoms with Crippen molar-refractivity contribution in [2.75, 3.05) is 5.32 Å². The van der Waals surface area contributed by atoms with Crippen LogP contribution >= 0.6 is 0 Å². The molecule has 3 aromatic rings. The number of carbonyl (C=O) groups is 1. The zero-order valence-electron chi connectivity index (χ0n) is 14.7. The maximum atomic E-state index is 12.6. The van der Waals surface area contributed by atoms with Crippen molar-refractivity contribution in [3.8, 4) is 5.82 Å². The molecule has 0 bridgehead atoms. The van der Waals surface area contributed by atoms with Crippen LogP contribution in [0.2, 0.25) is 0 Å². The molecule has 0 aliphatic carbocycles. The van der Waals surface area contributed by atoms with E-state index < -0.39 is 12.1 Å². The van der Waals surface area contributed by atoms with Crippen LogP contribution in [0.25, 0.3) is 16.7 Å². The standard InChI is InChI=1S/C18H17F3N4O/c1-9-5-11(3)16-13(6-9)10(2)7-14(22-16)25-15(8-12(4)24-25)23-17(26)18(19,20)21/h5-8H,1-4H3,(H,23,26). The summed E-state index contributed by atoms with van der Waals surface area (Å²) in [6.07, 6.45) is -4.98. The van der Waals surface area contributed by atoms with E-state index in [1.165, 1.54) is 10.7 Å². The van der Waals surface area contributed by atoms with E-state index in [1.54, 1.807) is 13.0 Å². The molecule has 0 unspecified atom stereocenters. The number of carbonyl (C=O) groups excluding carboxylic acids is 1. The number of aryl methyl sites for hydroxylation is 4. The molecule has 0 aliphatic rings. The van der Waals surface area contributed by atoms with Crippen LogP contribution in [0.3, 0.4) is 0 Å². The third kappa shape index (κ3) is 3.26. The topological polar surface area (TPSA) is 59.8 Å². The van der Waals surface area contributed by atoms with E-state index in [2.05, 4.69) is 10.1 Å². The minimum atomic E-state index is -4.98. The number of fused-ring (bicyclic) bond motifs is 1. The maximum Gasteiger partial charge on any atom is 0.471 e. The first-order valence-corrected chi connectivity index (χ1v) is 7.90. The first kappa shape index (κ1) is 17.9. The Balaban J connectivity index is 2.14. The van der Waals surface area contributed by atoms with Crippen molar-refractivity contribution in [1.29, 1.82) is 0 Å². The Labute approximate surface area is 147 Å². The van der Waals surface area contributed by atoms with Crippen molar-refractivity contribution >= 4 is 22.6 Å². The molecule has 26 heavy (non-hydrogen) atoms. The average Bonchev–Trinajstić information content (AvgIpc) is 2.87. The molecule has 0 atom stereocenters. The zero-order valence-corrected chi connectivity index (χ0v) is 14.7. The average molecular weight is 362 g/mol. The molecular formula is C18H17F3N4O. The summed E-state index contributed by atoms with van der Waals surface area (Å²) in [6, 6.07) is 7.10. The Kier molecular flexibility index (Phi) is 4.21. The SMILES string of the molecule is Cc1cc(C)c2nc(-n3nc(C)cc3NC(=O)C(F)(F)F)cc(C)c2c1. The Morgan fingerprint density at radius 3 is 2.38 bits per heavy atom. The van der Waals surface area contributed by atoms with Crippen molar-refractivity contribution in [2.24, 2.45) is 0 Å². The molecule has 3 rings (SSSR count). The number of hydrogen-bond donors (Lipinski definition) is 1. The molecule has 136 valence electrons. The second-order valence-corrected chi connectivity index (χ2v) is 6.31. The third-order valence-corrected chi connectivity index (χ3v) is 3.99. The van der Waals surface area contributed by atoms with Crippen LogP contribution in [0.15, 0.2) is 24.3 Å². The van der Waals surface area contributed by atoms with E-state index in [-0.39, 0.29) is 5.82 Å².